The van der Waals surface area contributed by atoms with Crippen LogP contribution >= 0.6 is 0 Å². The molecule has 90 valence electrons. The third-order valence-corrected chi connectivity index (χ3v) is 3.04. The minimum absolute atomic E-state index is 0.269. The average Bonchev–Trinajstić information content (AvgIpc) is 2.35. The molecule has 2 nitrogen and oxygen atoms in total. The summed E-state index contributed by atoms with van der Waals surface area (Å²) in [5, 5.41) is 9.40. The van der Waals surface area contributed by atoms with Crippen molar-refractivity contribution in [2.75, 3.05) is 26.2 Å². The van der Waals surface area contributed by atoms with Gasteiger partial charge in [0.2, 0.25) is 0 Å². The highest BCUT2D eigenvalue weighted by atomic mass is 16.3. The zero-order valence-electron chi connectivity index (χ0n) is 10.4. The van der Waals surface area contributed by atoms with E-state index in [-0.39, 0.29) is 6.61 Å². The molecule has 0 aliphatic carbocycles. The van der Waals surface area contributed by atoms with Gasteiger partial charge in [-0.2, -0.15) is 0 Å². The topological polar surface area (TPSA) is 23.5 Å². The molecule has 1 N–H and O–H groups in total. The van der Waals surface area contributed by atoms with E-state index in [1.807, 2.05) is 6.07 Å². The Kier molecular flexibility index (Phi) is 6.12. The summed E-state index contributed by atoms with van der Waals surface area (Å²) in [7, 11) is 0. The Bertz CT molecular complexity index is 269. The van der Waals surface area contributed by atoms with Crippen molar-refractivity contribution in [2.45, 2.75) is 20.3 Å². The number of rotatable bonds is 7. The summed E-state index contributed by atoms with van der Waals surface area (Å²) in [5.74, 6) is 0.349. The third kappa shape index (κ3) is 4.33. The van der Waals surface area contributed by atoms with Crippen molar-refractivity contribution in [3.8, 4) is 0 Å². The van der Waals surface area contributed by atoms with Gasteiger partial charge < -0.3 is 10.0 Å². The molecule has 0 heterocycles. The lowest BCUT2D eigenvalue weighted by molar-refractivity contribution is 0.170. The fourth-order valence-corrected chi connectivity index (χ4v) is 1.98. The molecule has 1 rings (SSSR count). The van der Waals surface area contributed by atoms with Crippen LogP contribution in [0.4, 0.5) is 0 Å². The van der Waals surface area contributed by atoms with Gasteiger partial charge in [-0.25, -0.2) is 0 Å². The van der Waals surface area contributed by atoms with Gasteiger partial charge in [0, 0.05) is 13.2 Å². The van der Waals surface area contributed by atoms with Crippen molar-refractivity contribution in [1.82, 2.24) is 4.90 Å². The number of benzene rings is 1. The summed E-state index contributed by atoms with van der Waals surface area (Å²) in [6.45, 7) is 7.70. The van der Waals surface area contributed by atoms with Crippen molar-refractivity contribution < 1.29 is 5.11 Å². The van der Waals surface area contributed by atoms with Crippen molar-refractivity contribution >= 4 is 0 Å². The molecule has 0 aliphatic rings. The number of nitrogens with zero attached hydrogens (tertiary/aromatic N) is 1. The molecular weight excluding hydrogens is 198 g/mol. The lowest BCUT2D eigenvalue weighted by Crippen LogP contribution is -2.31. The first-order chi connectivity index (χ1) is 7.80. The van der Waals surface area contributed by atoms with E-state index in [1.54, 1.807) is 0 Å². The predicted molar refractivity (Wildman–Crippen MR) is 68.5 cm³/mol. The van der Waals surface area contributed by atoms with Crippen LogP contribution in [0.5, 0.6) is 0 Å². The quantitative estimate of drug-likeness (QED) is 0.763. The molecule has 0 saturated carbocycles. The molecule has 0 aromatic heterocycles. The number of aliphatic hydroxyl groups excluding tert-OH is 1. The fraction of sp³-hybridized carbons (Fsp3) is 0.571. The highest BCUT2D eigenvalue weighted by Crippen LogP contribution is 2.10. The zero-order valence-corrected chi connectivity index (χ0v) is 10.4. The molecule has 0 saturated heterocycles. The van der Waals surface area contributed by atoms with E-state index in [9.17, 15) is 5.11 Å². The summed E-state index contributed by atoms with van der Waals surface area (Å²) in [6, 6.07) is 10.4. The fourth-order valence-electron chi connectivity index (χ4n) is 1.98. The van der Waals surface area contributed by atoms with Crippen LogP contribution in [-0.4, -0.2) is 36.2 Å². The first-order valence-electron chi connectivity index (χ1n) is 6.17. The third-order valence-electron chi connectivity index (χ3n) is 3.04. The normalized spacial score (nSPS) is 13.0. The van der Waals surface area contributed by atoms with Gasteiger partial charge in [0.05, 0.1) is 0 Å². The van der Waals surface area contributed by atoms with Crippen molar-refractivity contribution in [1.29, 1.82) is 0 Å². The molecule has 0 aliphatic heterocycles. The maximum absolute atomic E-state index is 9.40. The SMILES string of the molecule is CCN(CC)CC(CO)Cc1ccccc1. The summed E-state index contributed by atoms with van der Waals surface area (Å²) >= 11 is 0. The first kappa shape index (κ1) is 13.2. The molecule has 1 unspecified atom stereocenters. The summed E-state index contributed by atoms with van der Waals surface area (Å²) < 4.78 is 0. The second-order valence-electron chi connectivity index (χ2n) is 4.22. The predicted octanol–water partition coefficient (Wildman–Crippen LogP) is 2.18. The molecular formula is C14H23NO. The maximum Gasteiger partial charge on any atom is 0.0474 e. The van der Waals surface area contributed by atoms with E-state index >= 15 is 0 Å². The van der Waals surface area contributed by atoms with E-state index in [0.29, 0.717) is 5.92 Å². The van der Waals surface area contributed by atoms with Crippen LogP contribution in [0.25, 0.3) is 0 Å². The van der Waals surface area contributed by atoms with Crippen LogP contribution < -0.4 is 0 Å². The Balaban J connectivity index is 2.49. The standard InChI is InChI=1S/C14H23NO/c1-3-15(4-2)11-14(12-16)10-13-8-6-5-7-9-13/h5-9,14,16H,3-4,10-12H2,1-2H3. The largest absolute Gasteiger partial charge is 0.396 e. The number of hydrogen-bond donors (Lipinski definition) is 1. The average molecular weight is 221 g/mol. The van der Waals surface area contributed by atoms with E-state index in [0.717, 1.165) is 26.1 Å². The Morgan fingerprint density at radius 1 is 1.12 bits per heavy atom. The zero-order chi connectivity index (χ0) is 11.8. The van der Waals surface area contributed by atoms with Gasteiger partial charge in [0.1, 0.15) is 0 Å². The van der Waals surface area contributed by atoms with Gasteiger partial charge in [0.25, 0.3) is 0 Å². The number of aliphatic hydroxyl groups is 1. The molecule has 0 amide bonds. The lowest BCUT2D eigenvalue weighted by Gasteiger charge is -2.24. The monoisotopic (exact) mass is 221 g/mol. The van der Waals surface area contributed by atoms with Crippen LogP contribution in [0, 0.1) is 5.92 Å². The molecule has 0 spiro atoms. The Morgan fingerprint density at radius 3 is 2.25 bits per heavy atom. The summed E-state index contributed by atoms with van der Waals surface area (Å²) in [5.41, 5.74) is 1.31. The van der Waals surface area contributed by atoms with Gasteiger partial charge in [-0.15, -0.1) is 0 Å². The van der Waals surface area contributed by atoms with Crippen LogP contribution in [0.3, 0.4) is 0 Å². The highest BCUT2D eigenvalue weighted by molar-refractivity contribution is 5.15. The van der Waals surface area contributed by atoms with Gasteiger partial charge in [-0.05, 0) is 31.0 Å². The molecule has 16 heavy (non-hydrogen) atoms. The number of hydrogen-bond acceptors (Lipinski definition) is 2. The minimum atomic E-state index is 0.269. The summed E-state index contributed by atoms with van der Waals surface area (Å²) in [4.78, 5) is 2.36. The summed E-state index contributed by atoms with van der Waals surface area (Å²) in [6.07, 6.45) is 0.966. The van der Waals surface area contributed by atoms with Crippen molar-refractivity contribution in [2.24, 2.45) is 5.92 Å². The van der Waals surface area contributed by atoms with Crippen LogP contribution in [0.15, 0.2) is 30.3 Å². The van der Waals surface area contributed by atoms with E-state index in [2.05, 4.69) is 43.0 Å². The van der Waals surface area contributed by atoms with Gasteiger partial charge in [0.15, 0.2) is 0 Å². The molecule has 0 bridgehead atoms. The smallest absolute Gasteiger partial charge is 0.0474 e. The Hall–Kier alpha value is -0.860. The first-order valence-corrected chi connectivity index (χ1v) is 6.17. The second-order valence-corrected chi connectivity index (χ2v) is 4.22. The highest BCUT2D eigenvalue weighted by Gasteiger charge is 2.11. The van der Waals surface area contributed by atoms with E-state index in [4.69, 9.17) is 0 Å². The van der Waals surface area contributed by atoms with E-state index < -0.39 is 0 Å². The van der Waals surface area contributed by atoms with Crippen molar-refractivity contribution in [3.05, 3.63) is 35.9 Å². The molecule has 0 radical (unpaired) electrons. The molecule has 2 heteroatoms. The second kappa shape index (κ2) is 7.42. The van der Waals surface area contributed by atoms with Crippen molar-refractivity contribution in [3.63, 3.8) is 0 Å². The Labute approximate surface area is 98.9 Å². The van der Waals surface area contributed by atoms with Crippen LogP contribution in [0.1, 0.15) is 19.4 Å². The van der Waals surface area contributed by atoms with Crippen LogP contribution in [0.2, 0.25) is 0 Å². The lowest BCUT2D eigenvalue weighted by atomic mass is 9.99. The van der Waals surface area contributed by atoms with Gasteiger partial charge in [-0.3, -0.25) is 0 Å². The Morgan fingerprint density at radius 2 is 1.75 bits per heavy atom. The van der Waals surface area contributed by atoms with Gasteiger partial charge in [-0.1, -0.05) is 44.2 Å². The maximum atomic E-state index is 9.40. The molecule has 1 aromatic carbocycles. The molecule has 1 aromatic rings. The minimum Gasteiger partial charge on any atom is -0.396 e. The van der Waals surface area contributed by atoms with Crippen LogP contribution in [-0.2, 0) is 6.42 Å². The van der Waals surface area contributed by atoms with Gasteiger partial charge >= 0.3 is 0 Å². The molecule has 1 atom stereocenters. The molecule has 0 fully saturated rings. The van der Waals surface area contributed by atoms with E-state index in [1.165, 1.54) is 5.56 Å².